The number of carbonyl (C=O) groups excluding carboxylic acids is 1. The van der Waals surface area contributed by atoms with Crippen LogP contribution in [0.1, 0.15) is 45.6 Å². The van der Waals surface area contributed by atoms with Crippen LogP contribution >= 0.6 is 11.8 Å². The van der Waals surface area contributed by atoms with Crippen LogP contribution in [0.5, 0.6) is 0 Å². The summed E-state index contributed by atoms with van der Waals surface area (Å²) in [5, 5.41) is 10.2. The fourth-order valence-corrected chi connectivity index (χ4v) is 4.65. The molecule has 0 radical (unpaired) electrons. The van der Waals surface area contributed by atoms with Crippen molar-refractivity contribution in [3.8, 4) is 0 Å². The van der Waals surface area contributed by atoms with Gasteiger partial charge in [-0.15, -0.1) is 10.2 Å². The third-order valence-electron chi connectivity index (χ3n) is 5.47. The molecule has 1 aliphatic heterocycles. The van der Waals surface area contributed by atoms with Gasteiger partial charge in [-0.25, -0.2) is 4.98 Å². The molecule has 0 unspecified atom stereocenters. The predicted octanol–water partition coefficient (Wildman–Crippen LogP) is 3.95. The number of thioether (sulfide) groups is 1. The lowest BCUT2D eigenvalue weighted by atomic mass is 9.98. The van der Waals surface area contributed by atoms with E-state index in [9.17, 15) is 4.79 Å². The number of piperidine rings is 1. The number of aryl methyl sites for hydroxylation is 1. The molecule has 6 nitrogen and oxygen atoms in total. The van der Waals surface area contributed by atoms with E-state index in [1.54, 1.807) is 0 Å². The molecule has 2 atom stereocenters. The van der Waals surface area contributed by atoms with E-state index < -0.39 is 0 Å². The van der Waals surface area contributed by atoms with Crippen LogP contribution in [0.3, 0.4) is 0 Å². The second-order valence-electron chi connectivity index (χ2n) is 7.37. The van der Waals surface area contributed by atoms with Gasteiger partial charge in [-0.2, -0.15) is 0 Å². The summed E-state index contributed by atoms with van der Waals surface area (Å²) < 4.78 is 0. The second-order valence-corrected chi connectivity index (χ2v) is 8.31. The van der Waals surface area contributed by atoms with Crippen LogP contribution in [0, 0.1) is 0 Å². The van der Waals surface area contributed by atoms with E-state index in [0.29, 0.717) is 23.0 Å². The maximum Gasteiger partial charge on any atom is 0.233 e. The van der Waals surface area contributed by atoms with E-state index in [0.717, 1.165) is 41.3 Å². The molecule has 7 heteroatoms. The summed E-state index contributed by atoms with van der Waals surface area (Å²) in [6, 6.07) is 6.93. The van der Waals surface area contributed by atoms with Crippen LogP contribution in [-0.4, -0.2) is 48.8 Å². The third-order valence-corrected chi connectivity index (χ3v) is 6.30. The normalized spacial score (nSPS) is 20.5. The molecule has 3 aromatic rings. The first-order valence-corrected chi connectivity index (χ1v) is 10.6. The number of amides is 1. The second kappa shape index (κ2) is 7.46. The van der Waals surface area contributed by atoms with Crippen LogP contribution in [0.4, 0.5) is 0 Å². The Balaban J connectivity index is 1.52. The maximum atomic E-state index is 12.7. The smallest absolute Gasteiger partial charge is 0.233 e. The largest absolute Gasteiger partial charge is 0.338 e. The van der Waals surface area contributed by atoms with Crippen molar-refractivity contribution in [2.24, 2.45) is 0 Å². The van der Waals surface area contributed by atoms with E-state index in [-0.39, 0.29) is 5.91 Å². The number of fused-ring (bicyclic) bond motifs is 3. The topological polar surface area (TPSA) is 74.8 Å². The van der Waals surface area contributed by atoms with E-state index in [1.165, 1.54) is 23.7 Å². The molecular formula is C20H25N5OS. The highest BCUT2D eigenvalue weighted by atomic mass is 32.2. The zero-order valence-electron chi connectivity index (χ0n) is 16.0. The van der Waals surface area contributed by atoms with Gasteiger partial charge in [-0.3, -0.25) is 4.79 Å². The summed E-state index contributed by atoms with van der Waals surface area (Å²) in [6.45, 7) is 6.41. The lowest BCUT2D eigenvalue weighted by Crippen LogP contribution is -2.48. The van der Waals surface area contributed by atoms with E-state index in [4.69, 9.17) is 0 Å². The highest BCUT2D eigenvalue weighted by Crippen LogP contribution is 2.26. The first kappa shape index (κ1) is 18.2. The summed E-state index contributed by atoms with van der Waals surface area (Å²) >= 11 is 1.36. The molecule has 1 aliphatic rings. The van der Waals surface area contributed by atoms with Gasteiger partial charge < -0.3 is 9.88 Å². The van der Waals surface area contributed by atoms with Crippen molar-refractivity contribution in [3.05, 3.63) is 23.8 Å². The predicted molar refractivity (Wildman–Crippen MR) is 109 cm³/mol. The van der Waals surface area contributed by atoms with Crippen molar-refractivity contribution >= 4 is 39.7 Å². The average molecular weight is 384 g/mol. The molecule has 27 heavy (non-hydrogen) atoms. The average Bonchev–Trinajstić information content (AvgIpc) is 3.03. The Morgan fingerprint density at radius 1 is 1.26 bits per heavy atom. The van der Waals surface area contributed by atoms with Gasteiger partial charge in [0.2, 0.25) is 11.1 Å². The van der Waals surface area contributed by atoms with Crippen LogP contribution < -0.4 is 0 Å². The van der Waals surface area contributed by atoms with Crippen LogP contribution in [0.15, 0.2) is 23.4 Å². The number of hydrogen-bond donors (Lipinski definition) is 1. The Morgan fingerprint density at radius 2 is 2.04 bits per heavy atom. The third kappa shape index (κ3) is 3.52. The minimum Gasteiger partial charge on any atom is -0.338 e. The Morgan fingerprint density at radius 3 is 2.78 bits per heavy atom. The lowest BCUT2D eigenvalue weighted by molar-refractivity contribution is -0.134. The summed E-state index contributed by atoms with van der Waals surface area (Å²) in [4.78, 5) is 22.6. The number of benzene rings is 1. The molecule has 142 valence electrons. The van der Waals surface area contributed by atoms with Gasteiger partial charge in [-0.05, 0) is 57.2 Å². The molecule has 4 rings (SSSR count). The fourth-order valence-electron chi connectivity index (χ4n) is 4.00. The van der Waals surface area contributed by atoms with Gasteiger partial charge in [0.1, 0.15) is 5.52 Å². The molecule has 3 heterocycles. The number of rotatable bonds is 4. The van der Waals surface area contributed by atoms with E-state index in [1.807, 2.05) is 4.90 Å². The van der Waals surface area contributed by atoms with Gasteiger partial charge in [0.15, 0.2) is 5.65 Å². The molecule has 0 saturated carbocycles. The van der Waals surface area contributed by atoms with Crippen molar-refractivity contribution in [3.63, 3.8) is 0 Å². The number of nitrogens with one attached hydrogen (secondary N) is 1. The van der Waals surface area contributed by atoms with Gasteiger partial charge in [0.25, 0.3) is 0 Å². The minimum atomic E-state index is 0.160. The molecule has 1 N–H and O–H groups in total. The Labute approximate surface area is 163 Å². The quantitative estimate of drug-likeness (QED) is 0.691. The number of H-pyrrole nitrogens is 1. The molecule has 2 aromatic heterocycles. The van der Waals surface area contributed by atoms with Crippen LogP contribution in [-0.2, 0) is 11.2 Å². The summed E-state index contributed by atoms with van der Waals surface area (Å²) in [7, 11) is 0. The monoisotopic (exact) mass is 383 g/mol. The van der Waals surface area contributed by atoms with Gasteiger partial charge >= 0.3 is 0 Å². The summed E-state index contributed by atoms with van der Waals surface area (Å²) in [5.74, 6) is 0.509. The van der Waals surface area contributed by atoms with E-state index in [2.05, 4.69) is 59.1 Å². The number of hydrogen-bond acceptors (Lipinski definition) is 5. The molecule has 1 fully saturated rings. The maximum absolute atomic E-state index is 12.7. The van der Waals surface area contributed by atoms with Crippen LogP contribution in [0.25, 0.3) is 22.1 Å². The Hall–Kier alpha value is -2.15. The molecule has 1 aromatic carbocycles. The SMILES string of the molecule is CCc1ccc2[nH]c3nc(SCC(=O)N4[C@H](C)CCC[C@@H]4C)nnc3c2c1. The highest BCUT2D eigenvalue weighted by molar-refractivity contribution is 7.99. The van der Waals surface area contributed by atoms with Gasteiger partial charge in [0.05, 0.1) is 5.75 Å². The molecule has 0 bridgehead atoms. The molecule has 0 spiro atoms. The van der Waals surface area contributed by atoms with Crippen molar-refractivity contribution in [1.29, 1.82) is 0 Å². The number of carbonyl (C=O) groups is 1. The van der Waals surface area contributed by atoms with E-state index >= 15 is 0 Å². The Bertz CT molecular complexity index is 975. The lowest BCUT2D eigenvalue weighted by Gasteiger charge is -2.39. The first-order chi connectivity index (χ1) is 13.1. The van der Waals surface area contributed by atoms with Crippen LogP contribution in [0.2, 0.25) is 0 Å². The fraction of sp³-hybridized carbons (Fsp3) is 0.500. The van der Waals surface area contributed by atoms with Crippen molar-refractivity contribution in [2.75, 3.05) is 5.75 Å². The number of likely N-dealkylation sites (tertiary alicyclic amines) is 1. The van der Waals surface area contributed by atoms with Gasteiger partial charge in [-0.1, -0.05) is 24.8 Å². The van der Waals surface area contributed by atoms with Gasteiger partial charge in [0, 0.05) is 23.0 Å². The molecule has 1 saturated heterocycles. The van der Waals surface area contributed by atoms with Crippen molar-refractivity contribution in [1.82, 2.24) is 25.1 Å². The minimum absolute atomic E-state index is 0.160. The number of aromatic amines is 1. The molecule has 1 amide bonds. The first-order valence-electron chi connectivity index (χ1n) is 9.65. The zero-order chi connectivity index (χ0) is 19.0. The van der Waals surface area contributed by atoms with Crippen molar-refractivity contribution in [2.45, 2.75) is 63.7 Å². The summed E-state index contributed by atoms with van der Waals surface area (Å²) in [5.41, 5.74) is 3.79. The Kier molecular flexibility index (Phi) is 5.04. The standard InChI is InChI=1S/C20H25N5OS/c1-4-14-8-9-16-15(10-14)18-19(21-16)22-20(24-23-18)27-11-17(26)25-12(2)6-5-7-13(25)3/h8-10,12-13H,4-7,11H2,1-3H3,(H,21,22,24)/t12-,13+. The highest BCUT2D eigenvalue weighted by Gasteiger charge is 2.28. The zero-order valence-corrected chi connectivity index (χ0v) is 16.8. The number of aromatic nitrogens is 4. The molecule has 0 aliphatic carbocycles. The molecular weight excluding hydrogens is 358 g/mol. The van der Waals surface area contributed by atoms with Crippen molar-refractivity contribution < 1.29 is 4.79 Å². The number of nitrogens with zero attached hydrogens (tertiary/aromatic N) is 4. The summed E-state index contributed by atoms with van der Waals surface area (Å²) in [6.07, 6.45) is 4.34.